The van der Waals surface area contributed by atoms with Crippen LogP contribution in [0.15, 0.2) is 6.07 Å². The van der Waals surface area contributed by atoms with E-state index in [1.54, 1.807) is 4.68 Å². The zero-order valence-corrected chi connectivity index (χ0v) is 8.03. The number of aromatic nitrogens is 2. The van der Waals surface area contributed by atoms with Crippen molar-refractivity contribution in [1.29, 1.82) is 0 Å². The highest BCUT2D eigenvalue weighted by Crippen LogP contribution is 2.39. The van der Waals surface area contributed by atoms with Crippen LogP contribution < -0.4 is 5.32 Å². The van der Waals surface area contributed by atoms with Gasteiger partial charge in [0, 0.05) is 19.0 Å². The number of hydrogen-bond donors (Lipinski definition) is 2. The number of aryl methyl sites for hydroxylation is 1. The van der Waals surface area contributed by atoms with Crippen molar-refractivity contribution < 1.29 is 9.90 Å². The van der Waals surface area contributed by atoms with Crippen molar-refractivity contribution in [2.75, 3.05) is 11.9 Å². The van der Waals surface area contributed by atoms with Gasteiger partial charge in [0.1, 0.15) is 12.4 Å². The maximum Gasteiger partial charge on any atom is 0.322 e. The van der Waals surface area contributed by atoms with E-state index in [9.17, 15) is 4.79 Å². The van der Waals surface area contributed by atoms with Crippen molar-refractivity contribution in [2.45, 2.75) is 18.8 Å². The van der Waals surface area contributed by atoms with Gasteiger partial charge in [-0.3, -0.25) is 9.48 Å². The summed E-state index contributed by atoms with van der Waals surface area (Å²) < 4.78 is 1.69. The molecule has 0 radical (unpaired) electrons. The van der Waals surface area contributed by atoms with Crippen molar-refractivity contribution in [3.05, 3.63) is 11.8 Å². The van der Waals surface area contributed by atoms with E-state index in [0.29, 0.717) is 5.92 Å². The van der Waals surface area contributed by atoms with Crippen molar-refractivity contribution in [2.24, 2.45) is 7.05 Å². The lowest BCUT2D eigenvalue weighted by atomic mass is 10.3. The molecule has 2 N–H and O–H groups in total. The van der Waals surface area contributed by atoms with Gasteiger partial charge in [0.25, 0.3) is 0 Å². The fourth-order valence-electron chi connectivity index (χ4n) is 1.40. The van der Waals surface area contributed by atoms with Crippen LogP contribution in [0.4, 0.5) is 5.82 Å². The third-order valence-electron chi connectivity index (χ3n) is 2.32. The molecule has 5 nitrogen and oxygen atoms in total. The lowest BCUT2D eigenvalue weighted by Gasteiger charge is -2.01. The molecule has 0 bridgehead atoms. The van der Waals surface area contributed by atoms with Crippen LogP contribution in [0, 0.1) is 0 Å². The number of anilines is 1. The Morgan fingerprint density at radius 1 is 1.79 bits per heavy atom. The van der Waals surface area contributed by atoms with Crippen molar-refractivity contribution in [3.8, 4) is 0 Å². The molecule has 1 saturated carbocycles. The third kappa shape index (κ3) is 1.86. The van der Waals surface area contributed by atoms with E-state index in [4.69, 9.17) is 5.11 Å². The molecule has 1 aromatic heterocycles. The normalized spacial score (nSPS) is 15.5. The highest BCUT2D eigenvalue weighted by atomic mass is 16.4. The fourth-order valence-corrected chi connectivity index (χ4v) is 1.40. The summed E-state index contributed by atoms with van der Waals surface area (Å²) in [5, 5.41) is 15.6. The molecule has 1 aromatic rings. The molecule has 1 fully saturated rings. The molecular weight excluding hydrogens is 182 g/mol. The third-order valence-corrected chi connectivity index (χ3v) is 2.32. The zero-order valence-electron chi connectivity index (χ0n) is 8.03. The summed E-state index contributed by atoms with van der Waals surface area (Å²) in [6.07, 6.45) is 2.41. The number of rotatable bonds is 4. The van der Waals surface area contributed by atoms with E-state index in [-0.39, 0.29) is 6.54 Å². The second-order valence-corrected chi connectivity index (χ2v) is 3.60. The van der Waals surface area contributed by atoms with E-state index in [2.05, 4.69) is 10.4 Å². The predicted molar refractivity (Wildman–Crippen MR) is 51.3 cm³/mol. The highest BCUT2D eigenvalue weighted by molar-refractivity contribution is 5.72. The first-order valence-electron chi connectivity index (χ1n) is 4.66. The standard InChI is InChI=1S/C9H13N3O2/c1-12-8(10-5-9(13)14)4-7(11-12)6-2-3-6/h4,6,10H,2-3,5H2,1H3,(H,13,14). The van der Waals surface area contributed by atoms with Gasteiger partial charge in [-0.05, 0) is 12.8 Å². The molecule has 1 aliphatic rings. The molecular formula is C9H13N3O2. The molecule has 1 aliphatic carbocycles. The summed E-state index contributed by atoms with van der Waals surface area (Å²) in [6, 6.07) is 1.93. The van der Waals surface area contributed by atoms with Gasteiger partial charge in [-0.2, -0.15) is 5.10 Å². The Morgan fingerprint density at radius 2 is 2.50 bits per heavy atom. The molecule has 0 saturated heterocycles. The van der Waals surface area contributed by atoms with Gasteiger partial charge in [-0.1, -0.05) is 0 Å². The fraction of sp³-hybridized carbons (Fsp3) is 0.556. The molecule has 0 spiro atoms. The van der Waals surface area contributed by atoms with Crippen molar-refractivity contribution >= 4 is 11.8 Å². The lowest BCUT2D eigenvalue weighted by molar-refractivity contribution is -0.134. The second-order valence-electron chi connectivity index (χ2n) is 3.60. The summed E-state index contributed by atoms with van der Waals surface area (Å²) in [5.74, 6) is 0.509. The number of carboxylic acids is 1. The molecule has 5 heteroatoms. The van der Waals surface area contributed by atoms with Crippen molar-refractivity contribution in [1.82, 2.24) is 9.78 Å². The first-order valence-corrected chi connectivity index (χ1v) is 4.66. The summed E-state index contributed by atoms with van der Waals surface area (Å²) in [7, 11) is 1.82. The largest absolute Gasteiger partial charge is 0.480 e. The minimum Gasteiger partial charge on any atom is -0.480 e. The van der Waals surface area contributed by atoms with Crippen LogP contribution in [0.1, 0.15) is 24.5 Å². The van der Waals surface area contributed by atoms with Gasteiger partial charge in [-0.25, -0.2) is 0 Å². The summed E-state index contributed by atoms with van der Waals surface area (Å²) in [5.41, 5.74) is 1.07. The van der Waals surface area contributed by atoms with Crippen molar-refractivity contribution in [3.63, 3.8) is 0 Å². The van der Waals surface area contributed by atoms with Gasteiger partial charge in [0.2, 0.25) is 0 Å². The quantitative estimate of drug-likeness (QED) is 0.745. The highest BCUT2D eigenvalue weighted by Gasteiger charge is 2.26. The van der Waals surface area contributed by atoms with Crippen LogP contribution in [-0.4, -0.2) is 27.4 Å². The van der Waals surface area contributed by atoms with Crippen LogP contribution in [0.25, 0.3) is 0 Å². The molecule has 14 heavy (non-hydrogen) atoms. The van der Waals surface area contributed by atoms with E-state index in [1.165, 1.54) is 12.8 Å². The van der Waals surface area contributed by atoms with Crippen LogP contribution in [-0.2, 0) is 11.8 Å². The van der Waals surface area contributed by atoms with E-state index < -0.39 is 5.97 Å². The monoisotopic (exact) mass is 195 g/mol. The Labute approximate surface area is 81.7 Å². The molecule has 0 aromatic carbocycles. The Bertz CT molecular complexity index is 355. The molecule has 0 amide bonds. The number of hydrogen-bond acceptors (Lipinski definition) is 3. The zero-order chi connectivity index (χ0) is 10.1. The molecule has 1 heterocycles. The lowest BCUT2D eigenvalue weighted by Crippen LogP contribution is -2.14. The average Bonchev–Trinajstić information content (AvgIpc) is 2.88. The van der Waals surface area contributed by atoms with E-state index >= 15 is 0 Å². The number of carboxylic acid groups (broad SMARTS) is 1. The van der Waals surface area contributed by atoms with Crippen LogP contribution in [0.2, 0.25) is 0 Å². The maximum atomic E-state index is 10.3. The Hall–Kier alpha value is -1.52. The van der Waals surface area contributed by atoms with Crippen LogP contribution in [0.3, 0.4) is 0 Å². The van der Waals surface area contributed by atoms with Gasteiger partial charge in [-0.15, -0.1) is 0 Å². The minimum atomic E-state index is -0.862. The minimum absolute atomic E-state index is 0.0658. The summed E-state index contributed by atoms with van der Waals surface area (Å²) >= 11 is 0. The van der Waals surface area contributed by atoms with E-state index in [1.807, 2.05) is 13.1 Å². The smallest absolute Gasteiger partial charge is 0.322 e. The SMILES string of the molecule is Cn1nc(C2CC2)cc1NCC(=O)O. The summed E-state index contributed by atoms with van der Waals surface area (Å²) in [6.45, 7) is -0.0658. The predicted octanol–water partition coefficient (Wildman–Crippen LogP) is 0.794. The Kier molecular flexibility index (Phi) is 2.15. The Balaban J connectivity index is 2.04. The molecule has 0 aliphatic heterocycles. The molecule has 0 unspecified atom stereocenters. The molecule has 0 atom stereocenters. The number of nitrogens with one attached hydrogen (secondary N) is 1. The Morgan fingerprint density at radius 3 is 3.07 bits per heavy atom. The average molecular weight is 195 g/mol. The van der Waals surface area contributed by atoms with E-state index in [0.717, 1.165) is 11.5 Å². The summed E-state index contributed by atoms with van der Waals surface area (Å²) in [4.78, 5) is 10.3. The number of carbonyl (C=O) groups is 1. The number of aliphatic carboxylic acids is 1. The molecule has 76 valence electrons. The second kappa shape index (κ2) is 3.32. The van der Waals surface area contributed by atoms with Gasteiger partial charge < -0.3 is 10.4 Å². The topological polar surface area (TPSA) is 67.2 Å². The van der Waals surface area contributed by atoms with Gasteiger partial charge >= 0.3 is 5.97 Å². The molecule has 2 rings (SSSR count). The van der Waals surface area contributed by atoms with Crippen LogP contribution in [0.5, 0.6) is 0 Å². The first kappa shape index (κ1) is 9.05. The number of nitrogens with zero attached hydrogens (tertiary/aromatic N) is 2. The maximum absolute atomic E-state index is 10.3. The first-order chi connectivity index (χ1) is 6.66. The van der Waals surface area contributed by atoms with Gasteiger partial charge in [0.05, 0.1) is 5.69 Å². The van der Waals surface area contributed by atoms with Crippen LogP contribution >= 0.6 is 0 Å². The van der Waals surface area contributed by atoms with Gasteiger partial charge in [0.15, 0.2) is 0 Å².